The number of aryl methyl sites for hydroxylation is 3. The van der Waals surface area contributed by atoms with Gasteiger partial charge in [-0.15, -0.1) is 0 Å². The lowest BCUT2D eigenvalue weighted by atomic mass is 10.0. The Kier molecular flexibility index (Phi) is 4.66. The van der Waals surface area contributed by atoms with Gasteiger partial charge < -0.3 is 9.64 Å². The smallest absolute Gasteiger partial charge is 0.244 e. The standard InChI is InChI=1S/C16H24N6O2/c1-10-7-11(2)22(20-10)9-15(23)21(4)8-14-13(5-6-24-14)16-17-12(3)18-19-16/h7,13-14H,5-6,8-9H2,1-4H3,(H,17,18,19)/t13-,14-/m1/s1. The molecule has 24 heavy (non-hydrogen) atoms. The van der Waals surface area contributed by atoms with E-state index in [4.69, 9.17) is 4.74 Å². The fraction of sp³-hybridized carbons (Fsp3) is 0.625. The average molecular weight is 332 g/mol. The van der Waals surface area contributed by atoms with Gasteiger partial charge in [-0.3, -0.25) is 14.6 Å². The zero-order valence-corrected chi connectivity index (χ0v) is 14.6. The molecule has 0 aliphatic carbocycles. The quantitative estimate of drug-likeness (QED) is 0.881. The minimum atomic E-state index is -0.0744. The molecule has 0 unspecified atom stereocenters. The lowest BCUT2D eigenvalue weighted by Crippen LogP contribution is -2.38. The maximum atomic E-state index is 12.5. The molecule has 8 heteroatoms. The Labute approximate surface area is 141 Å². The minimum absolute atomic E-state index is 0.0154. The van der Waals surface area contributed by atoms with E-state index in [1.807, 2.05) is 26.8 Å². The SMILES string of the molecule is Cc1cc(C)n(CC(=O)N(C)C[C@H]2OCC[C@H]2c2n[nH]c(C)n2)n1. The first-order valence-electron chi connectivity index (χ1n) is 8.19. The van der Waals surface area contributed by atoms with Gasteiger partial charge in [-0.05, 0) is 33.3 Å². The number of likely N-dealkylation sites (N-methyl/N-ethyl adjacent to an activating group) is 1. The zero-order chi connectivity index (χ0) is 17.3. The van der Waals surface area contributed by atoms with Crippen LogP contribution in [0.1, 0.15) is 35.4 Å². The first kappa shape index (κ1) is 16.6. The van der Waals surface area contributed by atoms with Crippen LogP contribution < -0.4 is 0 Å². The van der Waals surface area contributed by atoms with Crippen molar-refractivity contribution in [3.8, 4) is 0 Å². The fourth-order valence-electron chi connectivity index (χ4n) is 3.11. The van der Waals surface area contributed by atoms with Crippen molar-refractivity contribution >= 4 is 5.91 Å². The summed E-state index contributed by atoms with van der Waals surface area (Å²) in [7, 11) is 1.80. The molecule has 0 bridgehead atoms. The van der Waals surface area contributed by atoms with Gasteiger partial charge in [0.15, 0.2) is 5.82 Å². The monoisotopic (exact) mass is 332 g/mol. The van der Waals surface area contributed by atoms with Crippen LogP contribution in [0.15, 0.2) is 6.07 Å². The first-order valence-corrected chi connectivity index (χ1v) is 8.19. The predicted octanol–water partition coefficient (Wildman–Crippen LogP) is 0.958. The second-order valence-electron chi connectivity index (χ2n) is 6.44. The molecule has 0 radical (unpaired) electrons. The number of ether oxygens (including phenoxy) is 1. The van der Waals surface area contributed by atoms with E-state index in [1.165, 1.54) is 0 Å². The number of hydrogen-bond acceptors (Lipinski definition) is 5. The number of nitrogens with one attached hydrogen (secondary N) is 1. The highest BCUT2D eigenvalue weighted by atomic mass is 16.5. The van der Waals surface area contributed by atoms with Crippen LogP contribution in [0, 0.1) is 20.8 Å². The number of aromatic amines is 1. The molecular weight excluding hydrogens is 308 g/mol. The van der Waals surface area contributed by atoms with Crippen LogP contribution in [-0.2, 0) is 16.1 Å². The third-order valence-corrected chi connectivity index (χ3v) is 4.42. The molecule has 3 heterocycles. The Hall–Kier alpha value is -2.22. The summed E-state index contributed by atoms with van der Waals surface area (Å²) < 4.78 is 7.55. The lowest BCUT2D eigenvalue weighted by Gasteiger charge is -2.24. The van der Waals surface area contributed by atoms with E-state index < -0.39 is 0 Å². The van der Waals surface area contributed by atoms with Crippen molar-refractivity contribution in [2.45, 2.75) is 45.8 Å². The molecule has 0 saturated carbocycles. The number of amides is 1. The number of carbonyl (C=O) groups is 1. The van der Waals surface area contributed by atoms with E-state index in [0.717, 1.165) is 29.5 Å². The van der Waals surface area contributed by atoms with Gasteiger partial charge in [-0.1, -0.05) is 0 Å². The third kappa shape index (κ3) is 3.48. The van der Waals surface area contributed by atoms with Gasteiger partial charge in [-0.25, -0.2) is 4.98 Å². The molecule has 1 fully saturated rings. The number of H-pyrrole nitrogens is 1. The molecule has 0 spiro atoms. The summed E-state index contributed by atoms with van der Waals surface area (Å²) in [6.45, 7) is 7.19. The average Bonchev–Trinajstić information content (AvgIpc) is 3.21. The Balaban J connectivity index is 1.62. The molecule has 130 valence electrons. The van der Waals surface area contributed by atoms with Crippen molar-refractivity contribution in [1.29, 1.82) is 0 Å². The maximum Gasteiger partial charge on any atom is 0.244 e. The summed E-state index contributed by atoms with van der Waals surface area (Å²) in [5.74, 6) is 1.71. The van der Waals surface area contributed by atoms with Gasteiger partial charge in [0.25, 0.3) is 0 Å². The summed E-state index contributed by atoms with van der Waals surface area (Å²) in [4.78, 5) is 18.6. The van der Waals surface area contributed by atoms with Crippen LogP contribution >= 0.6 is 0 Å². The summed E-state index contributed by atoms with van der Waals surface area (Å²) >= 11 is 0. The highest BCUT2D eigenvalue weighted by Gasteiger charge is 2.34. The van der Waals surface area contributed by atoms with Gasteiger partial charge in [0.05, 0.1) is 17.7 Å². The van der Waals surface area contributed by atoms with Crippen molar-refractivity contribution in [3.63, 3.8) is 0 Å². The topological polar surface area (TPSA) is 88.9 Å². The largest absolute Gasteiger partial charge is 0.376 e. The van der Waals surface area contributed by atoms with Crippen molar-refractivity contribution in [1.82, 2.24) is 29.9 Å². The molecule has 0 aromatic carbocycles. The molecule has 1 saturated heterocycles. The number of rotatable bonds is 5. The van der Waals surface area contributed by atoms with Crippen molar-refractivity contribution in [3.05, 3.63) is 29.1 Å². The van der Waals surface area contributed by atoms with Crippen molar-refractivity contribution in [2.24, 2.45) is 0 Å². The van der Waals surface area contributed by atoms with Crippen LogP contribution in [0.25, 0.3) is 0 Å². The lowest BCUT2D eigenvalue weighted by molar-refractivity contribution is -0.132. The van der Waals surface area contributed by atoms with E-state index in [1.54, 1.807) is 16.6 Å². The molecule has 1 amide bonds. The third-order valence-electron chi connectivity index (χ3n) is 4.42. The Morgan fingerprint density at radius 3 is 2.88 bits per heavy atom. The summed E-state index contributed by atoms with van der Waals surface area (Å²) in [5, 5.41) is 11.5. The molecule has 2 aromatic heterocycles. The normalized spacial score (nSPS) is 20.5. The molecular formula is C16H24N6O2. The number of nitrogens with zero attached hydrogens (tertiary/aromatic N) is 5. The summed E-state index contributed by atoms with van der Waals surface area (Å²) in [6, 6.07) is 1.97. The van der Waals surface area contributed by atoms with Crippen LogP contribution in [0.5, 0.6) is 0 Å². The molecule has 2 atom stereocenters. The highest BCUT2D eigenvalue weighted by molar-refractivity contribution is 5.75. The van der Waals surface area contributed by atoms with Crippen molar-refractivity contribution in [2.75, 3.05) is 20.2 Å². The predicted molar refractivity (Wildman–Crippen MR) is 87.6 cm³/mol. The van der Waals surface area contributed by atoms with E-state index in [9.17, 15) is 4.79 Å². The Morgan fingerprint density at radius 2 is 2.25 bits per heavy atom. The summed E-state index contributed by atoms with van der Waals surface area (Å²) in [5.41, 5.74) is 1.91. The van der Waals surface area contributed by atoms with Crippen LogP contribution in [0.2, 0.25) is 0 Å². The molecule has 3 rings (SSSR count). The highest BCUT2D eigenvalue weighted by Crippen LogP contribution is 2.29. The second-order valence-corrected chi connectivity index (χ2v) is 6.44. The van der Waals surface area contributed by atoms with E-state index in [0.29, 0.717) is 13.2 Å². The Morgan fingerprint density at radius 1 is 1.46 bits per heavy atom. The first-order chi connectivity index (χ1) is 11.4. The van der Waals surface area contributed by atoms with E-state index in [-0.39, 0.29) is 24.5 Å². The van der Waals surface area contributed by atoms with Gasteiger partial charge in [-0.2, -0.15) is 10.2 Å². The zero-order valence-electron chi connectivity index (χ0n) is 14.6. The fourth-order valence-corrected chi connectivity index (χ4v) is 3.11. The molecule has 2 aromatic rings. The van der Waals surface area contributed by atoms with Crippen LogP contribution in [0.3, 0.4) is 0 Å². The summed E-state index contributed by atoms with van der Waals surface area (Å²) in [6.07, 6.45) is 0.802. The van der Waals surface area contributed by atoms with E-state index in [2.05, 4.69) is 20.3 Å². The van der Waals surface area contributed by atoms with Gasteiger partial charge >= 0.3 is 0 Å². The number of carbonyl (C=O) groups excluding carboxylic acids is 1. The maximum absolute atomic E-state index is 12.5. The van der Waals surface area contributed by atoms with Crippen LogP contribution in [-0.4, -0.2) is 62.1 Å². The van der Waals surface area contributed by atoms with Crippen LogP contribution in [0.4, 0.5) is 0 Å². The molecule has 1 N–H and O–H groups in total. The van der Waals surface area contributed by atoms with Gasteiger partial charge in [0.1, 0.15) is 12.4 Å². The van der Waals surface area contributed by atoms with Gasteiger partial charge in [0, 0.05) is 25.9 Å². The van der Waals surface area contributed by atoms with Gasteiger partial charge in [0.2, 0.25) is 5.91 Å². The van der Waals surface area contributed by atoms with Crippen molar-refractivity contribution < 1.29 is 9.53 Å². The molecule has 8 nitrogen and oxygen atoms in total. The number of aromatic nitrogens is 5. The Bertz CT molecular complexity index is 722. The number of hydrogen-bond donors (Lipinski definition) is 1. The second kappa shape index (κ2) is 6.72. The van der Waals surface area contributed by atoms with E-state index >= 15 is 0 Å². The molecule has 1 aliphatic rings. The molecule has 1 aliphatic heterocycles. The minimum Gasteiger partial charge on any atom is -0.376 e.